The number of nitrogens with one attached hydrogen (secondary N) is 1. The van der Waals surface area contributed by atoms with E-state index in [1.807, 2.05) is 37.3 Å². The van der Waals surface area contributed by atoms with Crippen LogP contribution in [0.4, 0.5) is 5.69 Å². The number of benzene rings is 3. The van der Waals surface area contributed by atoms with Gasteiger partial charge in [0.1, 0.15) is 18.3 Å². The Hall–Kier alpha value is -3.27. The molecule has 0 aromatic heterocycles. The van der Waals surface area contributed by atoms with Gasteiger partial charge in [-0.15, -0.1) is 0 Å². The number of ether oxygens (including phenoxy) is 1. The fourth-order valence-corrected chi connectivity index (χ4v) is 5.64. The highest BCUT2D eigenvalue weighted by molar-refractivity contribution is 7.92. The molecule has 0 saturated heterocycles. The van der Waals surface area contributed by atoms with Gasteiger partial charge in [0.15, 0.2) is 0 Å². The van der Waals surface area contributed by atoms with Crippen LogP contribution in [0.5, 0.6) is 5.75 Å². The van der Waals surface area contributed by atoms with Gasteiger partial charge in [0, 0.05) is 35.1 Å². The molecule has 3 aromatic carbocycles. The van der Waals surface area contributed by atoms with E-state index in [1.54, 1.807) is 42.5 Å². The van der Waals surface area contributed by atoms with E-state index in [-0.39, 0.29) is 24.6 Å². The van der Waals surface area contributed by atoms with Gasteiger partial charge in [-0.3, -0.25) is 13.9 Å². The van der Waals surface area contributed by atoms with Crippen LogP contribution >= 0.6 is 23.2 Å². The third kappa shape index (κ3) is 9.11. The van der Waals surface area contributed by atoms with Crippen molar-refractivity contribution in [1.82, 2.24) is 10.2 Å². The van der Waals surface area contributed by atoms with Crippen LogP contribution in [0.25, 0.3) is 0 Å². The summed E-state index contributed by atoms with van der Waals surface area (Å²) in [5.41, 5.74) is 1.57. The van der Waals surface area contributed by atoms with E-state index in [1.165, 1.54) is 12.0 Å². The number of halogens is 2. The van der Waals surface area contributed by atoms with E-state index >= 15 is 0 Å². The Balaban J connectivity index is 2.07. The van der Waals surface area contributed by atoms with Gasteiger partial charge in [0.25, 0.3) is 0 Å². The Labute approximate surface area is 252 Å². The van der Waals surface area contributed by atoms with Gasteiger partial charge in [-0.25, -0.2) is 8.42 Å². The molecular formula is C30H35Cl2N3O5S. The van der Waals surface area contributed by atoms with Crippen molar-refractivity contribution >= 4 is 50.7 Å². The molecule has 3 aromatic rings. The molecular weight excluding hydrogens is 585 g/mol. The summed E-state index contributed by atoms with van der Waals surface area (Å²) in [5.74, 6) is -0.404. The van der Waals surface area contributed by atoms with Gasteiger partial charge in [-0.1, -0.05) is 72.9 Å². The highest BCUT2D eigenvalue weighted by Crippen LogP contribution is 2.28. The number of methoxy groups -OCH3 is 1. The molecule has 220 valence electrons. The molecule has 0 aliphatic heterocycles. The quantitative estimate of drug-likeness (QED) is 0.246. The third-order valence-corrected chi connectivity index (χ3v) is 8.38. The summed E-state index contributed by atoms with van der Waals surface area (Å²) >= 11 is 13.0. The summed E-state index contributed by atoms with van der Waals surface area (Å²) in [6, 6.07) is 19.7. The zero-order valence-corrected chi connectivity index (χ0v) is 25.7. The molecule has 8 nitrogen and oxygen atoms in total. The fourth-order valence-electron chi connectivity index (χ4n) is 4.28. The molecule has 0 bridgehead atoms. The first kappa shape index (κ1) is 32.2. The number of amides is 2. The molecule has 2 amide bonds. The number of nitrogens with zero attached hydrogens (tertiary/aromatic N) is 2. The van der Waals surface area contributed by atoms with Gasteiger partial charge >= 0.3 is 0 Å². The van der Waals surface area contributed by atoms with Crippen LogP contribution in [-0.4, -0.2) is 57.6 Å². The summed E-state index contributed by atoms with van der Waals surface area (Å²) in [7, 11) is -2.38. The first-order chi connectivity index (χ1) is 19.5. The Kier molecular flexibility index (Phi) is 11.9. The van der Waals surface area contributed by atoms with Crippen LogP contribution < -0.4 is 14.4 Å². The minimum atomic E-state index is -3.89. The average molecular weight is 621 g/mol. The molecule has 0 spiro atoms. The molecule has 0 fully saturated rings. The van der Waals surface area contributed by atoms with Crippen molar-refractivity contribution in [3.8, 4) is 5.75 Å². The van der Waals surface area contributed by atoms with E-state index < -0.39 is 28.5 Å². The van der Waals surface area contributed by atoms with Gasteiger partial charge < -0.3 is 15.0 Å². The van der Waals surface area contributed by atoms with Crippen LogP contribution in [0.3, 0.4) is 0 Å². The van der Waals surface area contributed by atoms with E-state index in [0.717, 1.165) is 29.0 Å². The number of hydrogen-bond donors (Lipinski definition) is 1. The maximum Gasteiger partial charge on any atom is 0.244 e. The zero-order valence-electron chi connectivity index (χ0n) is 23.3. The molecule has 0 unspecified atom stereocenters. The highest BCUT2D eigenvalue weighted by atomic mass is 35.5. The number of sulfonamides is 1. The van der Waals surface area contributed by atoms with E-state index in [2.05, 4.69) is 5.32 Å². The first-order valence-corrected chi connectivity index (χ1v) is 15.8. The van der Waals surface area contributed by atoms with Crippen molar-refractivity contribution < 1.29 is 22.7 Å². The monoisotopic (exact) mass is 619 g/mol. The number of unbranched alkanes of at least 4 members (excludes halogenated alkanes) is 1. The van der Waals surface area contributed by atoms with Crippen LogP contribution in [0.1, 0.15) is 30.9 Å². The molecule has 0 aliphatic carbocycles. The minimum absolute atomic E-state index is 0.101. The van der Waals surface area contributed by atoms with Crippen LogP contribution in [0, 0.1) is 0 Å². The second-order valence-electron chi connectivity index (χ2n) is 9.54. The summed E-state index contributed by atoms with van der Waals surface area (Å²) in [6.07, 6.45) is 2.88. The standard InChI is InChI=1S/C30H35Cl2N3O5S/c1-4-5-18-33-30(37)28(19-22-10-7-6-8-11-22)34(20-25-26(31)12-9-13-27(25)32)29(36)21-35(41(3,38)39)23-14-16-24(40-2)17-15-23/h6-17,28H,4-5,18-21H2,1-3H3,(H,33,37)/t28-/m1/s1. The largest absolute Gasteiger partial charge is 0.497 e. The number of carbonyl (C=O) groups is 2. The maximum atomic E-state index is 14.1. The molecule has 0 saturated carbocycles. The summed E-state index contributed by atoms with van der Waals surface area (Å²) in [5, 5.41) is 3.60. The smallest absolute Gasteiger partial charge is 0.244 e. The summed E-state index contributed by atoms with van der Waals surface area (Å²) in [6.45, 7) is 1.82. The fraction of sp³-hybridized carbons (Fsp3) is 0.333. The van der Waals surface area contributed by atoms with Crippen molar-refractivity contribution in [2.75, 3.05) is 30.8 Å². The molecule has 11 heteroatoms. The van der Waals surface area contributed by atoms with Crippen molar-refractivity contribution in [2.24, 2.45) is 0 Å². The average Bonchev–Trinajstić information content (AvgIpc) is 2.95. The lowest BCUT2D eigenvalue weighted by Gasteiger charge is -2.34. The van der Waals surface area contributed by atoms with Crippen LogP contribution in [-0.2, 0) is 32.6 Å². The number of rotatable bonds is 14. The van der Waals surface area contributed by atoms with Crippen LogP contribution in [0.2, 0.25) is 10.0 Å². The first-order valence-electron chi connectivity index (χ1n) is 13.2. The van der Waals surface area contributed by atoms with Crippen LogP contribution in [0.15, 0.2) is 72.8 Å². The maximum absolute atomic E-state index is 14.1. The number of carbonyl (C=O) groups excluding carboxylic acids is 2. The van der Waals surface area contributed by atoms with E-state index in [4.69, 9.17) is 27.9 Å². The lowest BCUT2D eigenvalue weighted by molar-refractivity contribution is -0.140. The Morgan fingerprint density at radius 2 is 1.59 bits per heavy atom. The Morgan fingerprint density at radius 1 is 0.951 bits per heavy atom. The Bertz CT molecular complexity index is 1400. The van der Waals surface area contributed by atoms with Gasteiger partial charge in [-0.2, -0.15) is 0 Å². The van der Waals surface area contributed by atoms with Crippen molar-refractivity contribution in [2.45, 2.75) is 38.8 Å². The Morgan fingerprint density at radius 3 is 2.15 bits per heavy atom. The normalized spacial score (nSPS) is 11.9. The lowest BCUT2D eigenvalue weighted by atomic mass is 10.0. The predicted octanol–water partition coefficient (Wildman–Crippen LogP) is 5.32. The molecule has 0 aliphatic rings. The molecule has 1 atom stereocenters. The highest BCUT2D eigenvalue weighted by Gasteiger charge is 2.33. The van der Waals surface area contributed by atoms with Gasteiger partial charge in [0.2, 0.25) is 21.8 Å². The number of hydrogen-bond acceptors (Lipinski definition) is 5. The summed E-state index contributed by atoms with van der Waals surface area (Å²) < 4.78 is 32.0. The molecule has 41 heavy (non-hydrogen) atoms. The van der Waals surface area contributed by atoms with Crippen molar-refractivity contribution in [3.05, 3.63) is 94.0 Å². The van der Waals surface area contributed by atoms with E-state index in [0.29, 0.717) is 27.9 Å². The summed E-state index contributed by atoms with van der Waals surface area (Å²) in [4.78, 5) is 29.1. The number of anilines is 1. The second-order valence-corrected chi connectivity index (χ2v) is 12.3. The predicted molar refractivity (Wildman–Crippen MR) is 164 cm³/mol. The molecule has 0 radical (unpaired) electrons. The third-order valence-electron chi connectivity index (χ3n) is 6.53. The minimum Gasteiger partial charge on any atom is -0.497 e. The van der Waals surface area contributed by atoms with Gasteiger partial charge in [0.05, 0.1) is 19.1 Å². The molecule has 1 N–H and O–H groups in total. The molecule has 3 rings (SSSR count). The zero-order chi connectivity index (χ0) is 30.0. The lowest BCUT2D eigenvalue weighted by Crippen LogP contribution is -2.53. The SMILES string of the molecule is CCCCNC(=O)[C@@H](Cc1ccccc1)N(Cc1c(Cl)cccc1Cl)C(=O)CN(c1ccc(OC)cc1)S(C)(=O)=O. The van der Waals surface area contributed by atoms with Crippen molar-refractivity contribution in [1.29, 1.82) is 0 Å². The van der Waals surface area contributed by atoms with E-state index in [9.17, 15) is 18.0 Å². The second kappa shape index (κ2) is 15.1. The topological polar surface area (TPSA) is 96.0 Å². The van der Waals surface area contributed by atoms with Gasteiger partial charge in [-0.05, 0) is 48.4 Å². The van der Waals surface area contributed by atoms with Crippen molar-refractivity contribution in [3.63, 3.8) is 0 Å². The molecule has 0 heterocycles.